The third-order valence-corrected chi connectivity index (χ3v) is 3.07. The molecule has 0 radical (unpaired) electrons. The van der Waals surface area contributed by atoms with Gasteiger partial charge in [0, 0.05) is 12.1 Å². The van der Waals surface area contributed by atoms with E-state index in [2.05, 4.69) is 51.7 Å². The Hall–Kier alpha value is -0.0800. The summed E-state index contributed by atoms with van der Waals surface area (Å²) in [6.07, 6.45) is 2.52. The van der Waals surface area contributed by atoms with Crippen LogP contribution in [0.5, 0.6) is 0 Å². The summed E-state index contributed by atoms with van der Waals surface area (Å²) in [5.41, 5.74) is 0. The smallest absolute Gasteiger partial charge is 0.0101 e. The average molecular weight is 186 g/mol. The quantitative estimate of drug-likeness (QED) is 0.626. The Balaban J connectivity index is 3.93. The van der Waals surface area contributed by atoms with E-state index < -0.39 is 0 Å². The van der Waals surface area contributed by atoms with Crippen LogP contribution in [0.1, 0.15) is 33.6 Å². The standard InChI is InChI=1S/C11H26N2/c1-7-11(12(4)5)9-10(3)13(6)8-2/h10-11H,7-9H2,1-6H3. The number of rotatable bonds is 6. The van der Waals surface area contributed by atoms with Crippen molar-refractivity contribution in [2.75, 3.05) is 27.7 Å². The molecule has 0 rings (SSSR count). The highest BCUT2D eigenvalue weighted by molar-refractivity contribution is 4.72. The molecule has 0 aromatic carbocycles. The zero-order chi connectivity index (χ0) is 10.4. The van der Waals surface area contributed by atoms with Crippen molar-refractivity contribution in [2.45, 2.75) is 45.7 Å². The van der Waals surface area contributed by atoms with Crippen molar-refractivity contribution < 1.29 is 0 Å². The predicted octanol–water partition coefficient (Wildman–Crippen LogP) is 2.06. The molecule has 0 heterocycles. The molecule has 13 heavy (non-hydrogen) atoms. The zero-order valence-corrected chi connectivity index (χ0v) is 10.2. The van der Waals surface area contributed by atoms with Gasteiger partial charge in [0.1, 0.15) is 0 Å². The largest absolute Gasteiger partial charge is 0.306 e. The fourth-order valence-electron chi connectivity index (χ4n) is 1.63. The summed E-state index contributed by atoms with van der Waals surface area (Å²) < 4.78 is 0. The van der Waals surface area contributed by atoms with E-state index in [-0.39, 0.29) is 0 Å². The fraction of sp³-hybridized carbons (Fsp3) is 1.00. The topological polar surface area (TPSA) is 6.48 Å². The monoisotopic (exact) mass is 186 g/mol. The first-order valence-corrected chi connectivity index (χ1v) is 5.39. The van der Waals surface area contributed by atoms with Gasteiger partial charge in [-0.15, -0.1) is 0 Å². The number of hydrogen-bond donors (Lipinski definition) is 0. The van der Waals surface area contributed by atoms with Crippen molar-refractivity contribution in [3.8, 4) is 0 Å². The van der Waals surface area contributed by atoms with E-state index in [4.69, 9.17) is 0 Å². The lowest BCUT2D eigenvalue weighted by atomic mass is 10.0. The molecule has 0 amide bonds. The SMILES string of the molecule is CCC(CC(C)N(C)CC)N(C)C. The van der Waals surface area contributed by atoms with Crippen LogP contribution in [-0.4, -0.2) is 49.6 Å². The first-order valence-electron chi connectivity index (χ1n) is 5.39. The first kappa shape index (κ1) is 12.9. The highest BCUT2D eigenvalue weighted by atomic mass is 15.1. The lowest BCUT2D eigenvalue weighted by Gasteiger charge is -2.30. The van der Waals surface area contributed by atoms with Crippen molar-refractivity contribution in [1.82, 2.24) is 9.80 Å². The van der Waals surface area contributed by atoms with Crippen LogP contribution in [0.4, 0.5) is 0 Å². The average Bonchev–Trinajstić information content (AvgIpc) is 2.11. The van der Waals surface area contributed by atoms with Crippen LogP contribution in [0.2, 0.25) is 0 Å². The first-order chi connectivity index (χ1) is 6.02. The second kappa shape index (κ2) is 6.39. The maximum absolute atomic E-state index is 2.41. The van der Waals surface area contributed by atoms with Gasteiger partial charge in [-0.1, -0.05) is 13.8 Å². The van der Waals surface area contributed by atoms with Gasteiger partial charge < -0.3 is 9.80 Å². The lowest BCUT2D eigenvalue weighted by Crippen LogP contribution is -2.37. The lowest BCUT2D eigenvalue weighted by molar-refractivity contribution is 0.187. The van der Waals surface area contributed by atoms with E-state index in [1.165, 1.54) is 12.8 Å². The van der Waals surface area contributed by atoms with Gasteiger partial charge in [-0.05, 0) is 47.5 Å². The van der Waals surface area contributed by atoms with E-state index in [0.29, 0.717) is 6.04 Å². The Morgan fingerprint density at radius 2 is 1.62 bits per heavy atom. The van der Waals surface area contributed by atoms with Crippen molar-refractivity contribution >= 4 is 0 Å². The van der Waals surface area contributed by atoms with Crippen LogP contribution < -0.4 is 0 Å². The molecule has 2 atom stereocenters. The van der Waals surface area contributed by atoms with Gasteiger partial charge in [-0.3, -0.25) is 0 Å². The minimum Gasteiger partial charge on any atom is -0.306 e. The molecule has 2 unspecified atom stereocenters. The van der Waals surface area contributed by atoms with Gasteiger partial charge in [-0.25, -0.2) is 0 Å². The van der Waals surface area contributed by atoms with Crippen LogP contribution in [0.3, 0.4) is 0 Å². The normalized spacial score (nSPS) is 16.6. The molecule has 0 aliphatic rings. The summed E-state index contributed by atoms with van der Waals surface area (Å²) in [5.74, 6) is 0. The number of nitrogens with zero attached hydrogens (tertiary/aromatic N) is 2. The van der Waals surface area contributed by atoms with E-state index in [1.54, 1.807) is 0 Å². The Morgan fingerprint density at radius 1 is 1.08 bits per heavy atom. The van der Waals surface area contributed by atoms with Crippen molar-refractivity contribution in [3.63, 3.8) is 0 Å². The zero-order valence-electron chi connectivity index (χ0n) is 10.2. The molecule has 0 aromatic rings. The maximum atomic E-state index is 2.41. The van der Waals surface area contributed by atoms with Gasteiger partial charge in [0.05, 0.1) is 0 Å². The molecule has 80 valence electrons. The van der Waals surface area contributed by atoms with E-state index in [0.717, 1.165) is 12.6 Å². The highest BCUT2D eigenvalue weighted by Gasteiger charge is 2.15. The predicted molar refractivity (Wildman–Crippen MR) is 60.1 cm³/mol. The van der Waals surface area contributed by atoms with E-state index >= 15 is 0 Å². The molecule has 0 bridgehead atoms. The molecule has 0 saturated heterocycles. The molecule has 0 aliphatic carbocycles. The van der Waals surface area contributed by atoms with Gasteiger partial charge in [0.15, 0.2) is 0 Å². The molecule has 0 spiro atoms. The second-order valence-electron chi connectivity index (χ2n) is 4.18. The molecule has 2 nitrogen and oxygen atoms in total. The highest BCUT2D eigenvalue weighted by Crippen LogP contribution is 2.11. The minimum atomic E-state index is 0.692. The van der Waals surface area contributed by atoms with Crippen molar-refractivity contribution in [3.05, 3.63) is 0 Å². The summed E-state index contributed by atoms with van der Waals surface area (Å²) in [6, 6.07) is 1.42. The van der Waals surface area contributed by atoms with Gasteiger partial charge in [-0.2, -0.15) is 0 Å². The van der Waals surface area contributed by atoms with Crippen LogP contribution in [0.25, 0.3) is 0 Å². The summed E-state index contributed by atoms with van der Waals surface area (Å²) in [5, 5.41) is 0. The minimum absolute atomic E-state index is 0.692. The van der Waals surface area contributed by atoms with Crippen LogP contribution in [-0.2, 0) is 0 Å². The summed E-state index contributed by atoms with van der Waals surface area (Å²) >= 11 is 0. The maximum Gasteiger partial charge on any atom is 0.0101 e. The Morgan fingerprint density at radius 3 is 1.92 bits per heavy atom. The summed E-state index contributed by atoms with van der Waals surface area (Å²) in [7, 11) is 6.55. The second-order valence-corrected chi connectivity index (χ2v) is 4.18. The fourth-order valence-corrected chi connectivity index (χ4v) is 1.63. The Labute approximate surface area is 83.9 Å². The Bertz CT molecular complexity index is 123. The number of hydrogen-bond acceptors (Lipinski definition) is 2. The molecule has 0 N–H and O–H groups in total. The van der Waals surface area contributed by atoms with Crippen LogP contribution in [0, 0.1) is 0 Å². The molecular formula is C11H26N2. The van der Waals surface area contributed by atoms with Gasteiger partial charge in [0.25, 0.3) is 0 Å². The molecular weight excluding hydrogens is 160 g/mol. The Kier molecular flexibility index (Phi) is 6.35. The third kappa shape index (κ3) is 4.63. The molecule has 0 saturated carbocycles. The molecule has 0 aromatic heterocycles. The molecule has 0 aliphatic heterocycles. The molecule has 2 heteroatoms. The third-order valence-electron chi connectivity index (χ3n) is 3.07. The summed E-state index contributed by atoms with van der Waals surface area (Å²) in [4.78, 5) is 4.74. The summed E-state index contributed by atoms with van der Waals surface area (Å²) in [6.45, 7) is 7.94. The molecule has 0 fully saturated rings. The van der Waals surface area contributed by atoms with Gasteiger partial charge >= 0.3 is 0 Å². The van der Waals surface area contributed by atoms with E-state index in [9.17, 15) is 0 Å². The van der Waals surface area contributed by atoms with E-state index in [1.807, 2.05) is 0 Å². The van der Waals surface area contributed by atoms with Gasteiger partial charge in [0.2, 0.25) is 0 Å². The van der Waals surface area contributed by atoms with Crippen LogP contribution >= 0.6 is 0 Å². The van der Waals surface area contributed by atoms with Crippen LogP contribution in [0.15, 0.2) is 0 Å². The van der Waals surface area contributed by atoms with Crippen molar-refractivity contribution in [2.24, 2.45) is 0 Å². The van der Waals surface area contributed by atoms with Crippen molar-refractivity contribution in [1.29, 1.82) is 0 Å².